The lowest BCUT2D eigenvalue weighted by molar-refractivity contribution is 0.264. The van der Waals surface area contributed by atoms with Gasteiger partial charge in [0.1, 0.15) is 11.5 Å². The van der Waals surface area contributed by atoms with E-state index in [4.69, 9.17) is 20.3 Å². The molecule has 5 heteroatoms. The molecule has 0 radical (unpaired) electrons. The van der Waals surface area contributed by atoms with Gasteiger partial charge in [0.25, 0.3) is 0 Å². The van der Waals surface area contributed by atoms with Gasteiger partial charge < -0.3 is 20.3 Å². The van der Waals surface area contributed by atoms with Gasteiger partial charge in [-0.2, -0.15) is 0 Å². The van der Waals surface area contributed by atoms with Crippen LogP contribution in [0.4, 0.5) is 0 Å². The number of halogens is 1. The van der Waals surface area contributed by atoms with Crippen LogP contribution >= 0.6 is 12.4 Å². The average Bonchev–Trinajstić information content (AvgIpc) is 2.27. The molecule has 0 saturated heterocycles. The Morgan fingerprint density at radius 3 is 2.47 bits per heavy atom. The van der Waals surface area contributed by atoms with Gasteiger partial charge in [-0.25, -0.2) is 0 Å². The fraction of sp³-hybridized carbons (Fsp3) is 0.400. The summed E-state index contributed by atoms with van der Waals surface area (Å²) in [5.74, 6) is 1.33. The van der Waals surface area contributed by atoms with Crippen LogP contribution in [-0.2, 0) is 0 Å². The summed E-state index contributed by atoms with van der Waals surface area (Å²) < 4.78 is 10.2. The maximum Gasteiger partial charge on any atom is 0.127 e. The summed E-state index contributed by atoms with van der Waals surface area (Å²) in [7, 11) is 3.14. The van der Waals surface area contributed by atoms with Crippen LogP contribution in [-0.4, -0.2) is 25.9 Å². The summed E-state index contributed by atoms with van der Waals surface area (Å²) in [4.78, 5) is 0. The monoisotopic (exact) mass is 233 g/mol. The van der Waals surface area contributed by atoms with Gasteiger partial charge in [-0.05, 0) is 12.1 Å². The Morgan fingerprint density at radius 2 is 2.00 bits per heavy atom. The number of rotatable bonds is 4. The highest BCUT2D eigenvalue weighted by atomic mass is 35.5. The summed E-state index contributed by atoms with van der Waals surface area (Å²) >= 11 is 0. The van der Waals surface area contributed by atoms with E-state index < -0.39 is 6.04 Å². The van der Waals surface area contributed by atoms with Gasteiger partial charge in [-0.3, -0.25) is 0 Å². The Kier molecular flexibility index (Phi) is 6.08. The molecule has 0 saturated carbocycles. The minimum atomic E-state index is -0.421. The lowest BCUT2D eigenvalue weighted by Crippen LogP contribution is -2.15. The molecule has 0 aromatic heterocycles. The van der Waals surface area contributed by atoms with Gasteiger partial charge in [0.2, 0.25) is 0 Å². The van der Waals surface area contributed by atoms with E-state index in [9.17, 15) is 0 Å². The third-order valence-corrected chi connectivity index (χ3v) is 2.04. The zero-order valence-electron chi connectivity index (χ0n) is 8.77. The summed E-state index contributed by atoms with van der Waals surface area (Å²) in [5.41, 5.74) is 6.47. The number of aliphatic hydroxyl groups is 1. The summed E-state index contributed by atoms with van der Waals surface area (Å²) in [6.45, 7) is -0.108. The van der Waals surface area contributed by atoms with Crippen LogP contribution in [0.15, 0.2) is 18.2 Å². The van der Waals surface area contributed by atoms with Gasteiger partial charge in [-0.1, -0.05) is 0 Å². The molecule has 0 heterocycles. The van der Waals surface area contributed by atoms with E-state index in [0.717, 1.165) is 5.56 Å². The molecular weight excluding hydrogens is 218 g/mol. The van der Waals surface area contributed by atoms with Gasteiger partial charge in [0, 0.05) is 11.6 Å². The van der Waals surface area contributed by atoms with Crippen molar-refractivity contribution >= 4 is 12.4 Å². The number of hydrogen-bond acceptors (Lipinski definition) is 4. The molecule has 1 aromatic rings. The molecule has 4 nitrogen and oxygen atoms in total. The van der Waals surface area contributed by atoms with E-state index >= 15 is 0 Å². The first-order chi connectivity index (χ1) is 6.72. The topological polar surface area (TPSA) is 64.7 Å². The van der Waals surface area contributed by atoms with Crippen LogP contribution in [0.1, 0.15) is 11.6 Å². The van der Waals surface area contributed by atoms with Crippen molar-refractivity contribution in [1.29, 1.82) is 0 Å². The minimum Gasteiger partial charge on any atom is -0.497 e. The number of hydrogen-bond donors (Lipinski definition) is 2. The largest absolute Gasteiger partial charge is 0.497 e. The van der Waals surface area contributed by atoms with Crippen molar-refractivity contribution in [2.24, 2.45) is 5.73 Å². The van der Waals surface area contributed by atoms with Crippen molar-refractivity contribution in [3.63, 3.8) is 0 Å². The SMILES string of the molecule is COc1ccc(C(N)CO)c(OC)c1.Cl. The quantitative estimate of drug-likeness (QED) is 0.818. The smallest absolute Gasteiger partial charge is 0.127 e. The molecular formula is C10H16ClNO3. The van der Waals surface area contributed by atoms with Crippen LogP contribution in [0.3, 0.4) is 0 Å². The molecule has 0 aliphatic heterocycles. The first kappa shape index (κ1) is 14.0. The van der Waals surface area contributed by atoms with Gasteiger partial charge in [0.05, 0.1) is 26.9 Å². The Balaban J connectivity index is 0.00000196. The molecule has 86 valence electrons. The van der Waals surface area contributed by atoms with Gasteiger partial charge in [0.15, 0.2) is 0 Å². The highest BCUT2D eigenvalue weighted by Gasteiger charge is 2.11. The number of ether oxygens (including phenoxy) is 2. The normalized spacial score (nSPS) is 11.5. The van der Waals surface area contributed by atoms with Crippen LogP contribution in [0.25, 0.3) is 0 Å². The number of benzene rings is 1. The van der Waals surface area contributed by atoms with Crippen LogP contribution < -0.4 is 15.2 Å². The predicted molar refractivity (Wildman–Crippen MR) is 60.8 cm³/mol. The summed E-state index contributed by atoms with van der Waals surface area (Å²) in [6, 6.07) is 4.90. The Bertz CT molecular complexity index is 307. The molecule has 0 spiro atoms. The van der Waals surface area contributed by atoms with Crippen LogP contribution in [0.2, 0.25) is 0 Å². The van der Waals surface area contributed by atoms with E-state index in [1.54, 1.807) is 32.4 Å². The third-order valence-electron chi connectivity index (χ3n) is 2.04. The minimum absolute atomic E-state index is 0. The van der Waals surface area contributed by atoms with Crippen molar-refractivity contribution in [2.45, 2.75) is 6.04 Å². The second-order valence-electron chi connectivity index (χ2n) is 2.90. The fourth-order valence-electron chi connectivity index (χ4n) is 1.22. The zero-order chi connectivity index (χ0) is 10.6. The Hall–Kier alpha value is -0.970. The number of aliphatic hydroxyl groups excluding tert-OH is 1. The highest BCUT2D eigenvalue weighted by Crippen LogP contribution is 2.27. The van der Waals surface area contributed by atoms with Crippen molar-refractivity contribution in [3.05, 3.63) is 23.8 Å². The predicted octanol–water partition coefficient (Wildman–Crippen LogP) is 1.12. The average molecular weight is 234 g/mol. The van der Waals surface area contributed by atoms with Crippen molar-refractivity contribution in [2.75, 3.05) is 20.8 Å². The van der Waals surface area contributed by atoms with Crippen LogP contribution in [0.5, 0.6) is 11.5 Å². The zero-order valence-corrected chi connectivity index (χ0v) is 9.58. The molecule has 1 aromatic carbocycles. The number of methoxy groups -OCH3 is 2. The van der Waals surface area contributed by atoms with Crippen molar-refractivity contribution in [1.82, 2.24) is 0 Å². The lowest BCUT2D eigenvalue weighted by atomic mass is 10.1. The van der Waals surface area contributed by atoms with Gasteiger partial charge >= 0.3 is 0 Å². The maximum absolute atomic E-state index is 8.92. The molecule has 0 aliphatic rings. The van der Waals surface area contributed by atoms with Crippen molar-refractivity contribution < 1.29 is 14.6 Å². The summed E-state index contributed by atoms with van der Waals surface area (Å²) in [5, 5.41) is 8.92. The number of nitrogens with two attached hydrogens (primary N) is 1. The highest BCUT2D eigenvalue weighted by molar-refractivity contribution is 5.85. The molecule has 0 amide bonds. The first-order valence-corrected chi connectivity index (χ1v) is 4.31. The van der Waals surface area contributed by atoms with E-state index in [-0.39, 0.29) is 19.0 Å². The Labute approximate surface area is 95.4 Å². The second kappa shape index (κ2) is 6.50. The van der Waals surface area contributed by atoms with E-state index in [1.165, 1.54) is 0 Å². The molecule has 15 heavy (non-hydrogen) atoms. The molecule has 1 unspecified atom stereocenters. The molecule has 1 atom stereocenters. The second-order valence-corrected chi connectivity index (χ2v) is 2.90. The van der Waals surface area contributed by atoms with Crippen molar-refractivity contribution in [3.8, 4) is 11.5 Å². The van der Waals surface area contributed by atoms with Gasteiger partial charge in [-0.15, -0.1) is 12.4 Å². The van der Waals surface area contributed by atoms with E-state index in [2.05, 4.69) is 0 Å². The molecule has 0 fully saturated rings. The van der Waals surface area contributed by atoms with Crippen LogP contribution in [0, 0.1) is 0 Å². The first-order valence-electron chi connectivity index (χ1n) is 4.31. The van der Waals surface area contributed by atoms with E-state index in [1.807, 2.05) is 0 Å². The summed E-state index contributed by atoms with van der Waals surface area (Å²) in [6.07, 6.45) is 0. The third kappa shape index (κ3) is 3.27. The molecule has 0 aliphatic carbocycles. The Morgan fingerprint density at radius 1 is 1.33 bits per heavy atom. The van der Waals surface area contributed by atoms with E-state index in [0.29, 0.717) is 11.5 Å². The standard InChI is InChI=1S/C10H15NO3.ClH/c1-13-7-3-4-8(9(11)6-12)10(5-7)14-2;/h3-5,9,12H,6,11H2,1-2H3;1H. The molecule has 0 bridgehead atoms. The molecule has 3 N–H and O–H groups in total. The fourth-order valence-corrected chi connectivity index (χ4v) is 1.22. The molecule has 1 rings (SSSR count). The maximum atomic E-state index is 8.92. The lowest BCUT2D eigenvalue weighted by Gasteiger charge is -2.14.